The first-order chi connectivity index (χ1) is 14.9. The maximum Gasteiger partial charge on any atom is 0.333 e. The molecule has 3 aromatic carbocycles. The van der Waals surface area contributed by atoms with Crippen LogP contribution in [0, 0.1) is 20.8 Å². The van der Waals surface area contributed by atoms with Gasteiger partial charge >= 0.3 is 5.97 Å². The molecule has 0 aliphatic rings. The maximum absolute atomic E-state index is 11.9. The van der Waals surface area contributed by atoms with Gasteiger partial charge < -0.3 is 9.16 Å². The summed E-state index contributed by atoms with van der Waals surface area (Å²) in [5.74, 6) is -0.390. The molecule has 0 unspecified atom stereocenters. The standard InChI is InChI=1S/C27H30O3Si/c1-20(2)27(28)29-18-19-30-31(24-15-9-6-12-21(24)3,25-16-10-7-13-22(25)4)26-17-11-8-14-23(26)5/h6-17H,1,18-19H2,2-5H3. The monoisotopic (exact) mass is 430 g/mol. The van der Waals surface area contributed by atoms with Crippen LogP contribution in [0.4, 0.5) is 0 Å². The van der Waals surface area contributed by atoms with Crippen molar-refractivity contribution in [1.29, 1.82) is 0 Å². The molecule has 3 nitrogen and oxygen atoms in total. The number of esters is 1. The van der Waals surface area contributed by atoms with Crippen LogP contribution in [-0.4, -0.2) is 27.5 Å². The van der Waals surface area contributed by atoms with Gasteiger partial charge in [-0.25, -0.2) is 4.79 Å². The summed E-state index contributed by atoms with van der Waals surface area (Å²) in [5, 5.41) is 3.64. The summed E-state index contributed by atoms with van der Waals surface area (Å²) in [6.45, 7) is 12.2. The largest absolute Gasteiger partial charge is 0.460 e. The zero-order chi connectivity index (χ0) is 22.4. The Morgan fingerprint density at radius 3 is 1.48 bits per heavy atom. The van der Waals surface area contributed by atoms with Crippen LogP contribution in [0.5, 0.6) is 0 Å². The third kappa shape index (κ3) is 4.71. The molecule has 0 N–H and O–H groups in total. The number of carbonyl (C=O) groups excluding carboxylic acids is 1. The lowest BCUT2D eigenvalue weighted by Crippen LogP contribution is -2.71. The van der Waals surface area contributed by atoms with Gasteiger partial charge in [-0.1, -0.05) is 79.4 Å². The molecule has 0 radical (unpaired) electrons. The average Bonchev–Trinajstić information content (AvgIpc) is 2.76. The van der Waals surface area contributed by atoms with Gasteiger partial charge in [-0.05, 0) is 59.9 Å². The van der Waals surface area contributed by atoms with E-state index in [-0.39, 0.29) is 6.61 Å². The van der Waals surface area contributed by atoms with Crippen molar-refractivity contribution in [2.24, 2.45) is 0 Å². The topological polar surface area (TPSA) is 35.5 Å². The van der Waals surface area contributed by atoms with Gasteiger partial charge in [0.15, 0.2) is 0 Å². The SMILES string of the molecule is C=C(C)C(=O)OCCO[Si](c1ccccc1C)(c1ccccc1C)c1ccccc1C. The van der Waals surface area contributed by atoms with Crippen molar-refractivity contribution in [2.75, 3.05) is 13.2 Å². The highest BCUT2D eigenvalue weighted by Crippen LogP contribution is 2.16. The number of aryl methyl sites for hydroxylation is 3. The Labute approximate surface area is 186 Å². The molecule has 0 heterocycles. The van der Waals surface area contributed by atoms with Crippen LogP contribution in [0.25, 0.3) is 0 Å². The Balaban J connectivity index is 2.18. The van der Waals surface area contributed by atoms with Gasteiger partial charge in [0.25, 0.3) is 8.32 Å². The first-order valence-corrected chi connectivity index (χ1v) is 12.4. The fraction of sp³-hybridized carbons (Fsp3) is 0.222. The Morgan fingerprint density at radius 1 is 0.742 bits per heavy atom. The molecule has 0 saturated carbocycles. The number of hydrogen-bond acceptors (Lipinski definition) is 3. The number of rotatable bonds is 8. The molecular weight excluding hydrogens is 400 g/mol. The molecule has 0 amide bonds. The number of ether oxygens (including phenoxy) is 1. The fourth-order valence-corrected chi connectivity index (χ4v) is 8.66. The molecule has 3 rings (SSSR count). The molecule has 0 bridgehead atoms. The van der Waals surface area contributed by atoms with E-state index in [0.29, 0.717) is 12.2 Å². The van der Waals surface area contributed by atoms with Crippen molar-refractivity contribution < 1.29 is 14.0 Å². The molecule has 4 heteroatoms. The van der Waals surface area contributed by atoms with Crippen molar-refractivity contribution in [1.82, 2.24) is 0 Å². The number of hydrogen-bond donors (Lipinski definition) is 0. The minimum Gasteiger partial charge on any atom is -0.460 e. The lowest BCUT2D eigenvalue weighted by Gasteiger charge is -2.36. The highest BCUT2D eigenvalue weighted by atomic mass is 28.4. The van der Waals surface area contributed by atoms with E-state index in [1.54, 1.807) is 6.92 Å². The first-order valence-electron chi connectivity index (χ1n) is 10.5. The summed E-state index contributed by atoms with van der Waals surface area (Å²) in [5.41, 5.74) is 3.97. The molecule has 160 valence electrons. The molecule has 31 heavy (non-hydrogen) atoms. The quantitative estimate of drug-likeness (QED) is 0.180. The van der Waals surface area contributed by atoms with Gasteiger partial charge in [-0.3, -0.25) is 0 Å². The first kappa shape index (κ1) is 22.7. The van der Waals surface area contributed by atoms with Gasteiger partial charge in [0.2, 0.25) is 0 Å². The van der Waals surface area contributed by atoms with Crippen LogP contribution in [0.1, 0.15) is 23.6 Å². The van der Waals surface area contributed by atoms with Crippen molar-refractivity contribution in [2.45, 2.75) is 27.7 Å². The second kappa shape index (κ2) is 9.90. The van der Waals surface area contributed by atoms with Crippen molar-refractivity contribution in [3.05, 3.63) is 102 Å². The van der Waals surface area contributed by atoms with E-state index >= 15 is 0 Å². The van der Waals surface area contributed by atoms with E-state index in [1.807, 2.05) is 0 Å². The van der Waals surface area contributed by atoms with Crippen molar-refractivity contribution in [3.63, 3.8) is 0 Å². The Hall–Kier alpha value is -2.95. The zero-order valence-corrected chi connectivity index (χ0v) is 19.8. The van der Waals surface area contributed by atoms with Gasteiger partial charge in [-0.2, -0.15) is 0 Å². The lowest BCUT2D eigenvalue weighted by molar-refractivity contribution is -0.139. The van der Waals surface area contributed by atoms with Gasteiger partial charge in [0, 0.05) is 5.57 Å². The molecular formula is C27H30O3Si. The van der Waals surface area contributed by atoms with E-state index < -0.39 is 14.3 Å². The molecule has 0 fully saturated rings. The maximum atomic E-state index is 11.9. The predicted molar refractivity (Wildman–Crippen MR) is 130 cm³/mol. The Morgan fingerprint density at radius 2 is 1.13 bits per heavy atom. The highest BCUT2D eigenvalue weighted by molar-refractivity contribution is 7.07. The Kier molecular flexibility index (Phi) is 7.26. The van der Waals surface area contributed by atoms with E-state index in [0.717, 1.165) is 0 Å². The number of carbonyl (C=O) groups is 1. The van der Waals surface area contributed by atoms with Crippen molar-refractivity contribution in [3.8, 4) is 0 Å². The summed E-state index contributed by atoms with van der Waals surface area (Å²) in [6.07, 6.45) is 0. The fourth-order valence-electron chi connectivity index (χ4n) is 4.02. The van der Waals surface area contributed by atoms with Crippen LogP contribution >= 0.6 is 0 Å². The highest BCUT2D eigenvalue weighted by Gasteiger charge is 2.44. The summed E-state index contributed by atoms with van der Waals surface area (Å²) < 4.78 is 12.2. The summed E-state index contributed by atoms with van der Waals surface area (Å²) in [6, 6.07) is 25.4. The van der Waals surface area contributed by atoms with E-state index in [2.05, 4.69) is 100 Å². The van der Waals surface area contributed by atoms with Crippen LogP contribution in [0.3, 0.4) is 0 Å². The third-order valence-corrected chi connectivity index (χ3v) is 10.2. The van der Waals surface area contributed by atoms with Crippen LogP contribution < -0.4 is 15.6 Å². The van der Waals surface area contributed by atoms with Crippen LogP contribution in [-0.2, 0) is 14.0 Å². The minimum absolute atomic E-state index is 0.185. The van der Waals surface area contributed by atoms with E-state index in [9.17, 15) is 4.79 Å². The van der Waals surface area contributed by atoms with Crippen LogP contribution in [0.15, 0.2) is 84.9 Å². The van der Waals surface area contributed by atoms with E-state index in [1.165, 1.54) is 32.3 Å². The summed E-state index contributed by atoms with van der Waals surface area (Å²) >= 11 is 0. The smallest absolute Gasteiger partial charge is 0.333 e. The summed E-state index contributed by atoms with van der Waals surface area (Å²) in [7, 11) is -2.87. The van der Waals surface area contributed by atoms with Crippen molar-refractivity contribution >= 4 is 29.8 Å². The lowest BCUT2D eigenvalue weighted by atomic mass is 10.2. The molecule has 0 aliphatic carbocycles. The van der Waals surface area contributed by atoms with E-state index in [4.69, 9.17) is 9.16 Å². The molecule has 0 spiro atoms. The summed E-state index contributed by atoms with van der Waals surface area (Å²) in [4.78, 5) is 11.9. The second-order valence-corrected chi connectivity index (χ2v) is 11.2. The normalized spacial score (nSPS) is 11.2. The molecule has 0 aliphatic heterocycles. The zero-order valence-electron chi connectivity index (χ0n) is 18.8. The Bertz CT molecular complexity index is 976. The minimum atomic E-state index is -2.87. The third-order valence-electron chi connectivity index (χ3n) is 5.56. The molecule has 0 saturated heterocycles. The predicted octanol–water partition coefficient (Wildman–Crippen LogP) is 3.71. The van der Waals surface area contributed by atoms with Gasteiger partial charge in [-0.15, -0.1) is 0 Å². The average molecular weight is 431 g/mol. The molecule has 3 aromatic rings. The van der Waals surface area contributed by atoms with Gasteiger partial charge in [0.05, 0.1) is 6.61 Å². The molecule has 0 aromatic heterocycles. The van der Waals surface area contributed by atoms with Crippen LogP contribution in [0.2, 0.25) is 0 Å². The number of benzene rings is 3. The van der Waals surface area contributed by atoms with Gasteiger partial charge in [0.1, 0.15) is 6.61 Å². The molecule has 0 atom stereocenters. The second-order valence-electron chi connectivity index (χ2n) is 7.89.